The monoisotopic (exact) mass is 260 g/mol. The van der Waals surface area contributed by atoms with Crippen molar-refractivity contribution in [3.05, 3.63) is 35.6 Å². The summed E-state index contributed by atoms with van der Waals surface area (Å²) in [7, 11) is 1.65. The van der Waals surface area contributed by atoms with Gasteiger partial charge in [0.05, 0.1) is 6.04 Å². The average molecular weight is 260 g/mol. The van der Waals surface area contributed by atoms with Gasteiger partial charge in [-0.25, -0.2) is 0 Å². The first-order valence-electron chi connectivity index (χ1n) is 6.55. The van der Waals surface area contributed by atoms with E-state index in [0.717, 1.165) is 22.3 Å². The van der Waals surface area contributed by atoms with Crippen LogP contribution in [0.15, 0.2) is 28.7 Å². The molecule has 1 amide bonds. The molecule has 4 nitrogen and oxygen atoms in total. The lowest BCUT2D eigenvalue weighted by molar-refractivity contribution is -0.120. The molecule has 1 aromatic carbocycles. The van der Waals surface area contributed by atoms with Crippen LogP contribution in [-0.2, 0) is 4.79 Å². The summed E-state index contributed by atoms with van der Waals surface area (Å²) in [5.41, 5.74) is 2.07. The molecule has 0 aliphatic heterocycles. The van der Waals surface area contributed by atoms with Crippen molar-refractivity contribution in [2.75, 3.05) is 13.6 Å². The smallest absolute Gasteiger partial charge is 0.221 e. The highest BCUT2D eigenvalue weighted by atomic mass is 16.3. The van der Waals surface area contributed by atoms with E-state index < -0.39 is 0 Å². The van der Waals surface area contributed by atoms with Crippen LogP contribution in [0.25, 0.3) is 11.0 Å². The second-order valence-electron chi connectivity index (χ2n) is 4.69. The molecule has 0 radical (unpaired) electrons. The lowest BCUT2D eigenvalue weighted by Gasteiger charge is -2.11. The van der Waals surface area contributed by atoms with Gasteiger partial charge >= 0.3 is 0 Å². The first-order valence-corrected chi connectivity index (χ1v) is 6.55. The maximum atomic E-state index is 11.2. The molecule has 1 heterocycles. The summed E-state index contributed by atoms with van der Waals surface area (Å²) in [6.45, 7) is 4.75. The molecule has 0 bridgehead atoms. The fourth-order valence-corrected chi connectivity index (χ4v) is 2.23. The Kier molecular flexibility index (Phi) is 4.22. The van der Waals surface area contributed by atoms with E-state index in [1.807, 2.05) is 18.2 Å². The van der Waals surface area contributed by atoms with Crippen molar-refractivity contribution in [1.29, 1.82) is 0 Å². The molecule has 0 spiro atoms. The van der Waals surface area contributed by atoms with Crippen LogP contribution in [0.2, 0.25) is 0 Å². The van der Waals surface area contributed by atoms with Gasteiger partial charge in [-0.1, -0.05) is 18.2 Å². The number of carbonyl (C=O) groups is 1. The van der Waals surface area contributed by atoms with Gasteiger partial charge in [0.2, 0.25) is 5.91 Å². The Morgan fingerprint density at radius 2 is 2.11 bits per heavy atom. The Labute approximate surface area is 113 Å². The third-order valence-corrected chi connectivity index (χ3v) is 3.36. The SMILES string of the molecule is CNC(=O)CCNC(C)c1oc2ccccc2c1C. The number of rotatable bonds is 5. The van der Waals surface area contributed by atoms with Gasteiger partial charge < -0.3 is 15.1 Å². The van der Waals surface area contributed by atoms with Gasteiger partial charge in [-0.3, -0.25) is 4.79 Å². The second-order valence-corrected chi connectivity index (χ2v) is 4.69. The Hall–Kier alpha value is -1.81. The van der Waals surface area contributed by atoms with Gasteiger partial charge in [0, 0.05) is 25.4 Å². The molecule has 2 rings (SSSR count). The van der Waals surface area contributed by atoms with E-state index in [9.17, 15) is 4.79 Å². The quantitative estimate of drug-likeness (QED) is 0.868. The zero-order chi connectivity index (χ0) is 13.8. The van der Waals surface area contributed by atoms with Crippen molar-refractivity contribution in [1.82, 2.24) is 10.6 Å². The van der Waals surface area contributed by atoms with Crippen molar-refractivity contribution >= 4 is 16.9 Å². The lowest BCUT2D eigenvalue weighted by atomic mass is 10.1. The number of carbonyl (C=O) groups excluding carboxylic acids is 1. The molecule has 2 aromatic rings. The number of nitrogens with one attached hydrogen (secondary N) is 2. The van der Waals surface area contributed by atoms with Crippen LogP contribution in [0.1, 0.15) is 30.7 Å². The number of hydrogen-bond acceptors (Lipinski definition) is 3. The molecular weight excluding hydrogens is 240 g/mol. The Morgan fingerprint density at radius 1 is 1.37 bits per heavy atom. The molecule has 0 saturated carbocycles. The zero-order valence-electron chi connectivity index (χ0n) is 11.6. The van der Waals surface area contributed by atoms with Gasteiger partial charge in [0.15, 0.2) is 0 Å². The van der Waals surface area contributed by atoms with Crippen molar-refractivity contribution in [3.63, 3.8) is 0 Å². The molecule has 1 unspecified atom stereocenters. The Bertz CT molecular complexity index is 575. The Balaban J connectivity index is 2.07. The highest BCUT2D eigenvalue weighted by molar-refractivity contribution is 5.82. The number of benzene rings is 1. The van der Waals surface area contributed by atoms with E-state index in [1.165, 1.54) is 0 Å². The van der Waals surface area contributed by atoms with Crippen LogP contribution >= 0.6 is 0 Å². The summed E-state index contributed by atoms with van der Waals surface area (Å²) in [5, 5.41) is 7.07. The minimum Gasteiger partial charge on any atom is -0.459 e. The standard InChI is InChI=1S/C15H20N2O2/c1-10-12-6-4-5-7-13(12)19-15(10)11(2)17-9-8-14(18)16-3/h4-7,11,17H,8-9H2,1-3H3,(H,16,18). The summed E-state index contributed by atoms with van der Waals surface area (Å²) in [5.74, 6) is 0.985. The molecule has 1 atom stereocenters. The summed E-state index contributed by atoms with van der Waals surface area (Å²) >= 11 is 0. The fraction of sp³-hybridized carbons (Fsp3) is 0.400. The van der Waals surface area contributed by atoms with Crippen LogP contribution in [0.5, 0.6) is 0 Å². The van der Waals surface area contributed by atoms with E-state index in [2.05, 4.69) is 30.5 Å². The molecule has 2 N–H and O–H groups in total. The number of para-hydroxylation sites is 1. The van der Waals surface area contributed by atoms with Crippen LogP contribution in [0.4, 0.5) is 0 Å². The van der Waals surface area contributed by atoms with Crippen molar-refractivity contribution < 1.29 is 9.21 Å². The van der Waals surface area contributed by atoms with Crippen LogP contribution < -0.4 is 10.6 Å². The molecule has 102 valence electrons. The summed E-state index contributed by atoms with van der Waals surface area (Å²) in [6, 6.07) is 8.12. The van der Waals surface area contributed by atoms with Gasteiger partial charge in [-0.15, -0.1) is 0 Å². The molecular formula is C15H20N2O2. The highest BCUT2D eigenvalue weighted by Crippen LogP contribution is 2.28. The molecule has 0 aliphatic rings. The van der Waals surface area contributed by atoms with Crippen LogP contribution in [-0.4, -0.2) is 19.5 Å². The third kappa shape index (κ3) is 2.96. The largest absolute Gasteiger partial charge is 0.459 e. The normalized spacial score (nSPS) is 12.6. The van der Waals surface area contributed by atoms with E-state index in [4.69, 9.17) is 4.42 Å². The number of furan rings is 1. The first kappa shape index (κ1) is 13.6. The van der Waals surface area contributed by atoms with Crippen molar-refractivity contribution in [3.8, 4) is 0 Å². The van der Waals surface area contributed by atoms with Crippen molar-refractivity contribution in [2.45, 2.75) is 26.3 Å². The van der Waals surface area contributed by atoms with E-state index in [1.54, 1.807) is 7.05 Å². The third-order valence-electron chi connectivity index (χ3n) is 3.36. The number of fused-ring (bicyclic) bond motifs is 1. The van der Waals surface area contributed by atoms with E-state index in [-0.39, 0.29) is 11.9 Å². The highest BCUT2D eigenvalue weighted by Gasteiger charge is 2.15. The summed E-state index contributed by atoms with van der Waals surface area (Å²) < 4.78 is 5.88. The van der Waals surface area contributed by atoms with Gasteiger partial charge in [-0.05, 0) is 25.5 Å². The topological polar surface area (TPSA) is 54.3 Å². The Morgan fingerprint density at radius 3 is 2.79 bits per heavy atom. The molecule has 0 saturated heterocycles. The number of hydrogen-bond donors (Lipinski definition) is 2. The lowest BCUT2D eigenvalue weighted by Crippen LogP contribution is -2.26. The van der Waals surface area contributed by atoms with Gasteiger partial charge in [0.1, 0.15) is 11.3 Å². The predicted molar refractivity (Wildman–Crippen MR) is 76.1 cm³/mol. The molecule has 1 aromatic heterocycles. The molecule has 19 heavy (non-hydrogen) atoms. The van der Waals surface area contributed by atoms with Gasteiger partial charge in [-0.2, -0.15) is 0 Å². The predicted octanol–water partition coefficient (Wildman–Crippen LogP) is 2.53. The van der Waals surface area contributed by atoms with E-state index >= 15 is 0 Å². The average Bonchev–Trinajstić information content (AvgIpc) is 2.76. The zero-order valence-corrected chi connectivity index (χ0v) is 11.6. The number of aryl methyl sites for hydroxylation is 1. The minimum absolute atomic E-state index is 0.0426. The second kappa shape index (κ2) is 5.89. The maximum Gasteiger partial charge on any atom is 0.221 e. The molecule has 0 aliphatic carbocycles. The molecule has 4 heteroatoms. The maximum absolute atomic E-state index is 11.2. The molecule has 0 fully saturated rings. The van der Waals surface area contributed by atoms with E-state index in [0.29, 0.717) is 13.0 Å². The van der Waals surface area contributed by atoms with Crippen LogP contribution in [0.3, 0.4) is 0 Å². The summed E-state index contributed by atoms with van der Waals surface area (Å²) in [6.07, 6.45) is 0.472. The van der Waals surface area contributed by atoms with Crippen LogP contribution in [0, 0.1) is 6.92 Å². The number of amides is 1. The minimum atomic E-state index is 0.0426. The first-order chi connectivity index (χ1) is 9.13. The van der Waals surface area contributed by atoms with Gasteiger partial charge in [0.25, 0.3) is 0 Å². The fourth-order valence-electron chi connectivity index (χ4n) is 2.23. The van der Waals surface area contributed by atoms with Crippen molar-refractivity contribution in [2.24, 2.45) is 0 Å². The summed E-state index contributed by atoms with van der Waals surface area (Å²) in [4.78, 5) is 11.2.